The van der Waals surface area contributed by atoms with E-state index in [1.165, 1.54) is 11.5 Å². The normalized spacial score (nSPS) is 11.1. The van der Waals surface area contributed by atoms with Gasteiger partial charge in [0.1, 0.15) is 10.4 Å². The highest BCUT2D eigenvalue weighted by Crippen LogP contribution is 2.23. The maximum Gasteiger partial charge on any atom is 0.327 e. The summed E-state index contributed by atoms with van der Waals surface area (Å²) in [6, 6.07) is 0. The van der Waals surface area contributed by atoms with Crippen LogP contribution in [0, 0.1) is 6.92 Å². The highest BCUT2D eigenvalue weighted by atomic mass is 32.1. The Kier molecular flexibility index (Phi) is 1.95. The van der Waals surface area contributed by atoms with Crippen LogP contribution in [-0.4, -0.2) is 29.5 Å². The average Bonchev–Trinajstić information content (AvgIpc) is 2.83. The minimum Gasteiger partial charge on any atom is -0.331 e. The van der Waals surface area contributed by atoms with Gasteiger partial charge in [0.05, 0.1) is 5.69 Å². The maximum atomic E-state index is 11.5. The fourth-order valence-electron chi connectivity index (χ4n) is 1.49. The minimum absolute atomic E-state index is 0.224. The maximum absolute atomic E-state index is 11.5. The van der Waals surface area contributed by atoms with Gasteiger partial charge in [0, 0.05) is 0 Å². The first-order valence-corrected chi connectivity index (χ1v) is 5.44. The molecule has 0 saturated carbocycles. The van der Waals surface area contributed by atoms with Gasteiger partial charge in [-0.3, -0.25) is 14.8 Å². The monoisotopic (exact) mass is 250 g/mol. The van der Waals surface area contributed by atoms with E-state index in [1.807, 2.05) is 0 Å². The average molecular weight is 250 g/mol. The Morgan fingerprint density at radius 2 is 2.00 bits per heavy atom. The SMILES string of the molecule is Cc1nnsc1-c1nc2[nH]c(=O)[nH]c(=O)c2[nH]1. The number of aromatic nitrogens is 6. The Hall–Kier alpha value is -2.29. The van der Waals surface area contributed by atoms with Crippen LogP contribution in [0.25, 0.3) is 21.9 Å². The molecule has 0 aliphatic rings. The first kappa shape index (κ1) is 9.90. The zero-order chi connectivity index (χ0) is 12.0. The van der Waals surface area contributed by atoms with Crippen molar-refractivity contribution in [1.29, 1.82) is 0 Å². The third-order valence-electron chi connectivity index (χ3n) is 2.26. The Morgan fingerprint density at radius 1 is 1.18 bits per heavy atom. The van der Waals surface area contributed by atoms with E-state index < -0.39 is 11.2 Å². The minimum atomic E-state index is -0.584. The molecule has 0 amide bonds. The lowest BCUT2D eigenvalue weighted by atomic mass is 10.4. The molecule has 3 rings (SSSR count). The van der Waals surface area contributed by atoms with Crippen molar-refractivity contribution in [3.63, 3.8) is 0 Å². The summed E-state index contributed by atoms with van der Waals surface area (Å²) < 4.78 is 3.78. The van der Waals surface area contributed by atoms with Crippen molar-refractivity contribution in [2.75, 3.05) is 0 Å². The number of hydrogen-bond donors (Lipinski definition) is 3. The van der Waals surface area contributed by atoms with Gasteiger partial charge in [-0.25, -0.2) is 9.78 Å². The molecule has 17 heavy (non-hydrogen) atoms. The molecule has 0 saturated heterocycles. The quantitative estimate of drug-likeness (QED) is 0.550. The topological polar surface area (TPSA) is 120 Å². The second-order valence-corrected chi connectivity index (χ2v) is 4.16. The number of nitrogens with zero attached hydrogens (tertiary/aromatic N) is 3. The van der Waals surface area contributed by atoms with Crippen molar-refractivity contribution in [2.24, 2.45) is 0 Å². The molecule has 8 nitrogen and oxygen atoms in total. The number of fused-ring (bicyclic) bond motifs is 1. The van der Waals surface area contributed by atoms with Gasteiger partial charge < -0.3 is 4.98 Å². The van der Waals surface area contributed by atoms with E-state index in [1.54, 1.807) is 6.92 Å². The van der Waals surface area contributed by atoms with Gasteiger partial charge >= 0.3 is 5.69 Å². The molecule has 0 radical (unpaired) electrons. The molecular weight excluding hydrogens is 244 g/mol. The van der Waals surface area contributed by atoms with Crippen LogP contribution >= 0.6 is 11.5 Å². The smallest absolute Gasteiger partial charge is 0.327 e. The molecule has 0 unspecified atom stereocenters. The summed E-state index contributed by atoms with van der Waals surface area (Å²) in [6.07, 6.45) is 0. The molecule has 0 aliphatic carbocycles. The molecular formula is C8H6N6O2S. The lowest BCUT2D eigenvalue weighted by Gasteiger charge is -1.87. The third kappa shape index (κ3) is 1.47. The van der Waals surface area contributed by atoms with Crippen LogP contribution in [0.4, 0.5) is 0 Å². The van der Waals surface area contributed by atoms with Crippen LogP contribution in [0.2, 0.25) is 0 Å². The summed E-state index contributed by atoms with van der Waals surface area (Å²) in [5.41, 5.74) is 0.0825. The van der Waals surface area contributed by atoms with E-state index in [2.05, 4.69) is 29.5 Å². The van der Waals surface area contributed by atoms with Crippen molar-refractivity contribution < 1.29 is 0 Å². The molecule has 3 aromatic rings. The molecule has 3 aromatic heterocycles. The van der Waals surface area contributed by atoms with Gasteiger partial charge in [-0.1, -0.05) is 4.49 Å². The molecule has 0 fully saturated rings. The highest BCUT2D eigenvalue weighted by Gasteiger charge is 2.13. The zero-order valence-electron chi connectivity index (χ0n) is 8.57. The standard InChI is InChI=1S/C8H6N6O2S/c1-2-4(17-14-13-2)6-9-3-5(10-6)11-8(16)12-7(3)15/h1H3,(H3,9,10,11,12,15,16). The first-order chi connectivity index (χ1) is 8.15. The zero-order valence-corrected chi connectivity index (χ0v) is 9.38. The Bertz CT molecular complexity index is 809. The molecule has 0 bridgehead atoms. The summed E-state index contributed by atoms with van der Waals surface area (Å²) in [4.78, 5) is 34.9. The lowest BCUT2D eigenvalue weighted by molar-refractivity contribution is 1.07. The fourth-order valence-corrected chi connectivity index (χ4v) is 2.09. The van der Waals surface area contributed by atoms with E-state index in [4.69, 9.17) is 0 Å². The van der Waals surface area contributed by atoms with E-state index >= 15 is 0 Å². The van der Waals surface area contributed by atoms with Crippen molar-refractivity contribution in [3.8, 4) is 10.7 Å². The second kappa shape index (κ2) is 3.35. The van der Waals surface area contributed by atoms with Gasteiger partial charge in [-0.15, -0.1) is 5.10 Å². The molecule has 0 aromatic carbocycles. The number of H-pyrrole nitrogens is 3. The van der Waals surface area contributed by atoms with Crippen molar-refractivity contribution in [3.05, 3.63) is 26.5 Å². The van der Waals surface area contributed by atoms with Crippen molar-refractivity contribution >= 4 is 22.7 Å². The lowest BCUT2D eigenvalue weighted by Crippen LogP contribution is -2.21. The van der Waals surface area contributed by atoms with Crippen molar-refractivity contribution in [2.45, 2.75) is 6.92 Å². The van der Waals surface area contributed by atoms with Gasteiger partial charge in [0.25, 0.3) is 5.56 Å². The van der Waals surface area contributed by atoms with Gasteiger partial charge in [-0.2, -0.15) is 0 Å². The largest absolute Gasteiger partial charge is 0.331 e. The summed E-state index contributed by atoms with van der Waals surface area (Å²) >= 11 is 1.17. The predicted octanol–water partition coefficient (Wildman–Crippen LogP) is -0.234. The molecule has 86 valence electrons. The number of rotatable bonds is 1. The van der Waals surface area contributed by atoms with Crippen molar-refractivity contribution in [1.82, 2.24) is 29.5 Å². The van der Waals surface area contributed by atoms with E-state index in [0.29, 0.717) is 11.5 Å². The number of hydrogen-bond acceptors (Lipinski definition) is 6. The molecule has 0 spiro atoms. The molecule has 9 heteroatoms. The summed E-state index contributed by atoms with van der Waals surface area (Å²) in [7, 11) is 0. The van der Waals surface area contributed by atoms with Gasteiger partial charge in [-0.05, 0) is 18.5 Å². The van der Waals surface area contributed by atoms with Crippen LogP contribution in [0.5, 0.6) is 0 Å². The number of imidazole rings is 1. The van der Waals surface area contributed by atoms with Crippen LogP contribution in [0.1, 0.15) is 5.69 Å². The van der Waals surface area contributed by atoms with Crippen LogP contribution in [-0.2, 0) is 0 Å². The van der Waals surface area contributed by atoms with E-state index in [9.17, 15) is 9.59 Å². The Morgan fingerprint density at radius 3 is 2.71 bits per heavy atom. The van der Waals surface area contributed by atoms with Crippen LogP contribution in [0.15, 0.2) is 9.59 Å². The number of aromatic amines is 3. The predicted molar refractivity (Wildman–Crippen MR) is 61.0 cm³/mol. The fraction of sp³-hybridized carbons (Fsp3) is 0.125. The third-order valence-corrected chi connectivity index (χ3v) is 3.09. The summed E-state index contributed by atoms with van der Waals surface area (Å²) in [6.45, 7) is 1.79. The van der Waals surface area contributed by atoms with E-state index in [0.717, 1.165) is 4.88 Å². The van der Waals surface area contributed by atoms with Gasteiger partial charge in [0.2, 0.25) is 0 Å². The van der Waals surface area contributed by atoms with Crippen LogP contribution in [0.3, 0.4) is 0 Å². The number of nitrogens with one attached hydrogen (secondary N) is 3. The molecule has 3 N–H and O–H groups in total. The summed E-state index contributed by atoms with van der Waals surface area (Å²) in [5, 5.41) is 3.85. The van der Waals surface area contributed by atoms with Crippen LogP contribution < -0.4 is 11.2 Å². The molecule has 0 atom stereocenters. The first-order valence-electron chi connectivity index (χ1n) is 4.67. The van der Waals surface area contributed by atoms with E-state index in [-0.39, 0.29) is 11.2 Å². The molecule has 0 aliphatic heterocycles. The highest BCUT2D eigenvalue weighted by molar-refractivity contribution is 7.09. The Labute approximate surface area is 96.9 Å². The Balaban J connectivity index is 2.35. The summed E-state index contributed by atoms with van der Waals surface area (Å²) in [5.74, 6) is 0.472. The molecule has 3 heterocycles. The van der Waals surface area contributed by atoms with Gasteiger partial charge in [0.15, 0.2) is 11.5 Å². The second-order valence-electron chi connectivity index (χ2n) is 3.40. The number of aryl methyl sites for hydroxylation is 1.